The maximum atomic E-state index is 11.9. The Hall–Kier alpha value is -1.78. The van der Waals surface area contributed by atoms with Crippen molar-refractivity contribution in [3.63, 3.8) is 0 Å². The van der Waals surface area contributed by atoms with Gasteiger partial charge in [0, 0.05) is 29.1 Å². The highest BCUT2D eigenvalue weighted by Crippen LogP contribution is 2.15. The molecule has 1 amide bonds. The fourth-order valence-corrected chi connectivity index (χ4v) is 2.04. The molecule has 20 heavy (non-hydrogen) atoms. The first-order valence-electron chi connectivity index (χ1n) is 6.55. The van der Waals surface area contributed by atoms with Crippen molar-refractivity contribution in [1.82, 2.24) is 4.57 Å². The molecule has 0 aliphatic carbocycles. The molecule has 3 N–H and O–H groups in total. The molecule has 1 atom stereocenters. The van der Waals surface area contributed by atoms with Gasteiger partial charge in [0.25, 0.3) is 0 Å². The Morgan fingerprint density at radius 3 is 2.70 bits per heavy atom. The van der Waals surface area contributed by atoms with Crippen LogP contribution in [0.2, 0.25) is 5.02 Å². The molecule has 0 aliphatic heterocycles. The number of amides is 1. The zero-order valence-electron chi connectivity index (χ0n) is 11.3. The van der Waals surface area contributed by atoms with Crippen LogP contribution in [0.5, 0.6) is 0 Å². The number of carbonyl (C=O) groups is 1. The van der Waals surface area contributed by atoms with Gasteiger partial charge < -0.3 is 15.6 Å². The molecule has 4 nitrogen and oxygen atoms in total. The monoisotopic (exact) mass is 291 g/mol. The predicted molar refractivity (Wildman–Crippen MR) is 81.7 cm³/mol. The SMILES string of the molecule is CCC(N)c1ccn(CC(=O)Nc2ccc(Cl)cc2)c1. The average molecular weight is 292 g/mol. The Balaban J connectivity index is 1.94. The van der Waals surface area contributed by atoms with E-state index in [1.807, 2.05) is 30.0 Å². The molecule has 106 valence electrons. The highest BCUT2D eigenvalue weighted by atomic mass is 35.5. The van der Waals surface area contributed by atoms with Gasteiger partial charge in [-0.1, -0.05) is 18.5 Å². The maximum Gasteiger partial charge on any atom is 0.244 e. The maximum absolute atomic E-state index is 11.9. The molecule has 2 aromatic rings. The van der Waals surface area contributed by atoms with Gasteiger partial charge in [0.2, 0.25) is 5.91 Å². The van der Waals surface area contributed by atoms with Gasteiger partial charge >= 0.3 is 0 Å². The van der Waals surface area contributed by atoms with Crippen LogP contribution in [0.25, 0.3) is 0 Å². The second kappa shape index (κ2) is 6.59. The molecule has 0 spiro atoms. The zero-order chi connectivity index (χ0) is 14.5. The molecule has 0 saturated carbocycles. The molecule has 0 aliphatic rings. The van der Waals surface area contributed by atoms with E-state index < -0.39 is 0 Å². The van der Waals surface area contributed by atoms with Gasteiger partial charge in [-0.05, 0) is 42.3 Å². The van der Waals surface area contributed by atoms with Crippen molar-refractivity contribution in [3.05, 3.63) is 53.3 Å². The summed E-state index contributed by atoms with van der Waals surface area (Å²) in [6, 6.07) is 9.00. The summed E-state index contributed by atoms with van der Waals surface area (Å²) in [5.74, 6) is -0.0838. The third kappa shape index (κ3) is 3.85. The number of benzene rings is 1. The number of rotatable bonds is 5. The van der Waals surface area contributed by atoms with Crippen LogP contribution in [0.15, 0.2) is 42.7 Å². The summed E-state index contributed by atoms with van der Waals surface area (Å²) in [6.07, 6.45) is 4.66. The van der Waals surface area contributed by atoms with E-state index in [0.717, 1.165) is 17.7 Å². The number of halogens is 1. The zero-order valence-corrected chi connectivity index (χ0v) is 12.1. The second-order valence-electron chi connectivity index (χ2n) is 4.69. The number of carbonyl (C=O) groups excluding carboxylic acids is 1. The summed E-state index contributed by atoms with van der Waals surface area (Å²) >= 11 is 5.80. The second-order valence-corrected chi connectivity index (χ2v) is 5.12. The first-order valence-corrected chi connectivity index (χ1v) is 6.93. The van der Waals surface area contributed by atoms with Gasteiger partial charge in [0.05, 0.1) is 0 Å². The highest BCUT2D eigenvalue weighted by Gasteiger charge is 2.07. The van der Waals surface area contributed by atoms with E-state index in [1.165, 1.54) is 0 Å². The number of aromatic nitrogens is 1. The van der Waals surface area contributed by atoms with Gasteiger partial charge in [-0.15, -0.1) is 0 Å². The fourth-order valence-electron chi connectivity index (χ4n) is 1.91. The van der Waals surface area contributed by atoms with Crippen LogP contribution in [0.1, 0.15) is 24.9 Å². The molecule has 2 rings (SSSR count). The van der Waals surface area contributed by atoms with Crippen molar-refractivity contribution in [2.75, 3.05) is 5.32 Å². The lowest BCUT2D eigenvalue weighted by molar-refractivity contribution is -0.116. The Kier molecular flexibility index (Phi) is 4.82. The number of hydrogen-bond donors (Lipinski definition) is 2. The molecular weight excluding hydrogens is 274 g/mol. The lowest BCUT2D eigenvalue weighted by Gasteiger charge is -2.07. The number of nitrogens with two attached hydrogens (primary N) is 1. The van der Waals surface area contributed by atoms with Crippen molar-refractivity contribution >= 4 is 23.2 Å². The normalized spacial score (nSPS) is 12.2. The van der Waals surface area contributed by atoms with E-state index >= 15 is 0 Å². The van der Waals surface area contributed by atoms with Crippen molar-refractivity contribution in [2.45, 2.75) is 25.9 Å². The molecule has 1 aromatic heterocycles. The smallest absolute Gasteiger partial charge is 0.244 e. The minimum Gasteiger partial charge on any atom is -0.345 e. The summed E-state index contributed by atoms with van der Waals surface area (Å²) in [7, 11) is 0. The molecule has 1 unspecified atom stereocenters. The largest absolute Gasteiger partial charge is 0.345 e. The number of nitrogens with one attached hydrogen (secondary N) is 1. The predicted octanol–water partition coefficient (Wildman–Crippen LogP) is 3.19. The van der Waals surface area contributed by atoms with Gasteiger partial charge in [0.15, 0.2) is 0 Å². The van der Waals surface area contributed by atoms with Crippen LogP contribution >= 0.6 is 11.6 Å². The Bertz CT molecular complexity index is 577. The fraction of sp³-hybridized carbons (Fsp3) is 0.267. The lowest BCUT2D eigenvalue weighted by Crippen LogP contribution is -2.18. The van der Waals surface area contributed by atoms with Crippen LogP contribution < -0.4 is 11.1 Å². The summed E-state index contributed by atoms with van der Waals surface area (Å²) in [4.78, 5) is 11.9. The van der Waals surface area contributed by atoms with E-state index in [4.69, 9.17) is 17.3 Å². The first kappa shape index (κ1) is 14.6. The number of anilines is 1. The van der Waals surface area contributed by atoms with Crippen LogP contribution in [-0.2, 0) is 11.3 Å². The van der Waals surface area contributed by atoms with Gasteiger partial charge in [-0.2, -0.15) is 0 Å². The summed E-state index contributed by atoms with van der Waals surface area (Å²) in [5, 5.41) is 3.47. The molecule has 0 bridgehead atoms. The first-order chi connectivity index (χ1) is 9.58. The standard InChI is InChI=1S/C15H18ClN3O/c1-2-14(17)11-7-8-19(9-11)10-15(20)18-13-5-3-12(16)4-6-13/h3-9,14H,2,10,17H2,1H3,(H,18,20). The number of hydrogen-bond acceptors (Lipinski definition) is 2. The molecule has 0 fully saturated rings. The minimum absolute atomic E-state index is 0.0237. The lowest BCUT2D eigenvalue weighted by atomic mass is 10.1. The van der Waals surface area contributed by atoms with Gasteiger partial charge in [0.1, 0.15) is 6.54 Å². The van der Waals surface area contributed by atoms with E-state index in [0.29, 0.717) is 5.02 Å². The number of nitrogens with zero attached hydrogens (tertiary/aromatic N) is 1. The quantitative estimate of drug-likeness (QED) is 0.889. The molecular formula is C15H18ClN3O. The molecule has 0 radical (unpaired) electrons. The topological polar surface area (TPSA) is 60.0 Å². The van der Waals surface area contributed by atoms with Crippen LogP contribution in [0.4, 0.5) is 5.69 Å². The van der Waals surface area contributed by atoms with E-state index in [-0.39, 0.29) is 18.5 Å². The summed E-state index contributed by atoms with van der Waals surface area (Å²) < 4.78 is 1.83. The third-order valence-electron chi connectivity index (χ3n) is 3.10. The van der Waals surface area contributed by atoms with Gasteiger partial charge in [-0.25, -0.2) is 0 Å². The van der Waals surface area contributed by atoms with Crippen molar-refractivity contribution in [1.29, 1.82) is 0 Å². The minimum atomic E-state index is -0.0838. The Morgan fingerprint density at radius 1 is 1.35 bits per heavy atom. The summed E-state index contributed by atoms with van der Waals surface area (Å²) in [6.45, 7) is 2.30. The van der Waals surface area contributed by atoms with Crippen LogP contribution in [0, 0.1) is 0 Å². The summed E-state index contributed by atoms with van der Waals surface area (Å²) in [5.41, 5.74) is 7.73. The van der Waals surface area contributed by atoms with Crippen molar-refractivity contribution < 1.29 is 4.79 Å². The molecule has 0 saturated heterocycles. The molecule has 1 heterocycles. The van der Waals surface area contributed by atoms with Crippen molar-refractivity contribution in [2.24, 2.45) is 5.73 Å². The third-order valence-corrected chi connectivity index (χ3v) is 3.35. The van der Waals surface area contributed by atoms with Crippen LogP contribution in [-0.4, -0.2) is 10.5 Å². The Labute approximate surface area is 123 Å². The van der Waals surface area contributed by atoms with Gasteiger partial charge in [-0.3, -0.25) is 4.79 Å². The van der Waals surface area contributed by atoms with Crippen molar-refractivity contribution in [3.8, 4) is 0 Å². The van der Waals surface area contributed by atoms with E-state index in [9.17, 15) is 4.79 Å². The molecule has 1 aromatic carbocycles. The van der Waals surface area contributed by atoms with E-state index in [2.05, 4.69) is 5.32 Å². The Morgan fingerprint density at radius 2 is 2.05 bits per heavy atom. The highest BCUT2D eigenvalue weighted by molar-refractivity contribution is 6.30. The molecule has 5 heteroatoms. The average Bonchev–Trinajstić information content (AvgIpc) is 2.89. The van der Waals surface area contributed by atoms with Crippen LogP contribution in [0.3, 0.4) is 0 Å². The van der Waals surface area contributed by atoms with E-state index in [1.54, 1.807) is 24.3 Å².